The molecule has 0 radical (unpaired) electrons. The number of nitrogens with one attached hydrogen (secondary N) is 3. The molecule has 1 heterocycles. The van der Waals surface area contributed by atoms with Crippen molar-refractivity contribution < 1.29 is 14.3 Å². The summed E-state index contributed by atoms with van der Waals surface area (Å²) in [4.78, 5) is 23.5. The number of hydrogen-bond donors (Lipinski definition) is 3. The first-order valence-corrected chi connectivity index (χ1v) is 7.73. The van der Waals surface area contributed by atoms with Crippen LogP contribution in [0.4, 0.5) is 10.5 Å². The van der Waals surface area contributed by atoms with Crippen molar-refractivity contribution in [3.05, 3.63) is 29.8 Å². The molecule has 1 aliphatic rings. The Balaban J connectivity index is 1.77. The lowest BCUT2D eigenvalue weighted by Gasteiger charge is -2.12. The number of anilines is 1. The van der Waals surface area contributed by atoms with Crippen molar-refractivity contribution in [3.63, 3.8) is 0 Å². The van der Waals surface area contributed by atoms with Crippen molar-refractivity contribution in [1.82, 2.24) is 10.6 Å². The Morgan fingerprint density at radius 1 is 1.23 bits per heavy atom. The van der Waals surface area contributed by atoms with Crippen LogP contribution >= 0.6 is 0 Å². The first-order valence-electron chi connectivity index (χ1n) is 7.73. The maximum absolute atomic E-state index is 11.8. The molecule has 0 aromatic heterocycles. The zero-order valence-electron chi connectivity index (χ0n) is 12.9. The number of urea groups is 1. The Morgan fingerprint density at radius 3 is 2.64 bits per heavy atom. The second kappa shape index (κ2) is 8.38. The van der Waals surface area contributed by atoms with E-state index in [4.69, 9.17) is 4.74 Å². The lowest BCUT2D eigenvalue weighted by Crippen LogP contribution is -2.35. The molecule has 1 fully saturated rings. The van der Waals surface area contributed by atoms with Gasteiger partial charge >= 0.3 is 6.03 Å². The van der Waals surface area contributed by atoms with Crippen molar-refractivity contribution in [2.45, 2.75) is 32.3 Å². The van der Waals surface area contributed by atoms with Gasteiger partial charge < -0.3 is 20.7 Å². The summed E-state index contributed by atoms with van der Waals surface area (Å²) in [6.45, 7) is 3.95. The Kier molecular flexibility index (Phi) is 6.21. The van der Waals surface area contributed by atoms with Crippen LogP contribution in [0.15, 0.2) is 24.3 Å². The molecule has 0 unspecified atom stereocenters. The highest BCUT2D eigenvalue weighted by Crippen LogP contribution is 2.11. The molecule has 6 heteroatoms. The molecule has 0 aliphatic carbocycles. The summed E-state index contributed by atoms with van der Waals surface area (Å²) >= 11 is 0. The van der Waals surface area contributed by atoms with Crippen LogP contribution in [0.5, 0.6) is 0 Å². The summed E-state index contributed by atoms with van der Waals surface area (Å²) in [6.07, 6.45) is 3.06. The number of ether oxygens (including phenoxy) is 1. The highest BCUT2D eigenvalue weighted by molar-refractivity contribution is 5.95. The van der Waals surface area contributed by atoms with E-state index in [1.54, 1.807) is 24.3 Å². The van der Waals surface area contributed by atoms with E-state index in [0.29, 0.717) is 24.3 Å². The fraction of sp³-hybridized carbons (Fsp3) is 0.500. The molecular formula is C16H23N3O3. The summed E-state index contributed by atoms with van der Waals surface area (Å²) in [6, 6.07) is 6.55. The number of carbonyl (C=O) groups is 2. The highest BCUT2D eigenvalue weighted by Gasteiger charge is 2.16. The molecule has 2 rings (SSSR count). The smallest absolute Gasteiger partial charge is 0.319 e. The average Bonchev–Trinajstić information content (AvgIpc) is 3.05. The van der Waals surface area contributed by atoms with Crippen molar-refractivity contribution >= 4 is 17.6 Å². The normalized spacial score (nSPS) is 17.0. The second-order valence-electron chi connectivity index (χ2n) is 5.30. The molecule has 3 amide bonds. The minimum Gasteiger partial charge on any atom is -0.376 e. The molecule has 6 nitrogen and oxygen atoms in total. The SMILES string of the molecule is CCCNC(=O)c1ccc(NC(=O)NC[C@@H]2CCCO2)cc1. The topological polar surface area (TPSA) is 79.5 Å². The number of amides is 3. The van der Waals surface area contributed by atoms with Gasteiger partial charge in [-0.25, -0.2) is 4.79 Å². The third-order valence-corrected chi connectivity index (χ3v) is 3.45. The summed E-state index contributed by atoms with van der Waals surface area (Å²) in [5.74, 6) is -0.101. The molecule has 1 saturated heterocycles. The molecule has 0 spiro atoms. The van der Waals surface area contributed by atoms with E-state index in [1.807, 2.05) is 6.92 Å². The zero-order valence-corrected chi connectivity index (χ0v) is 12.9. The Hall–Kier alpha value is -2.08. The molecule has 0 bridgehead atoms. The maximum atomic E-state index is 11.8. The first-order chi connectivity index (χ1) is 10.7. The molecule has 120 valence electrons. The van der Waals surface area contributed by atoms with Gasteiger partial charge in [-0.3, -0.25) is 4.79 Å². The number of benzene rings is 1. The van der Waals surface area contributed by atoms with Gasteiger partial charge in [-0.15, -0.1) is 0 Å². The van der Waals surface area contributed by atoms with E-state index in [9.17, 15) is 9.59 Å². The van der Waals surface area contributed by atoms with Gasteiger partial charge in [0.15, 0.2) is 0 Å². The third kappa shape index (κ3) is 5.04. The van der Waals surface area contributed by atoms with Crippen molar-refractivity contribution in [1.29, 1.82) is 0 Å². The summed E-state index contributed by atoms with van der Waals surface area (Å²) in [5, 5.41) is 8.33. The molecule has 1 aliphatic heterocycles. The highest BCUT2D eigenvalue weighted by atomic mass is 16.5. The van der Waals surface area contributed by atoms with E-state index in [2.05, 4.69) is 16.0 Å². The van der Waals surface area contributed by atoms with Gasteiger partial charge in [-0.2, -0.15) is 0 Å². The van der Waals surface area contributed by atoms with Gasteiger partial charge in [0.2, 0.25) is 0 Å². The van der Waals surface area contributed by atoms with Gasteiger partial charge in [0, 0.05) is 30.9 Å². The van der Waals surface area contributed by atoms with Crippen molar-refractivity contribution in [2.75, 3.05) is 25.0 Å². The molecule has 1 aromatic rings. The van der Waals surface area contributed by atoms with Crippen LogP contribution in [0.3, 0.4) is 0 Å². The van der Waals surface area contributed by atoms with Gasteiger partial charge in [0.25, 0.3) is 5.91 Å². The van der Waals surface area contributed by atoms with Crippen LogP contribution in [-0.4, -0.2) is 37.7 Å². The van der Waals surface area contributed by atoms with Gasteiger partial charge in [-0.1, -0.05) is 6.92 Å². The molecule has 1 atom stereocenters. The summed E-state index contributed by atoms with van der Waals surface area (Å²) < 4.78 is 5.44. The molecular weight excluding hydrogens is 282 g/mol. The molecule has 0 saturated carbocycles. The minimum atomic E-state index is -0.265. The van der Waals surface area contributed by atoms with Gasteiger partial charge in [0.1, 0.15) is 0 Å². The summed E-state index contributed by atoms with van der Waals surface area (Å²) in [5.41, 5.74) is 1.23. The van der Waals surface area contributed by atoms with E-state index < -0.39 is 0 Å². The first kappa shape index (κ1) is 16.3. The standard InChI is InChI=1S/C16H23N3O3/c1-2-9-17-15(20)12-5-7-13(8-6-12)19-16(21)18-11-14-4-3-10-22-14/h5-8,14H,2-4,9-11H2,1H3,(H,17,20)(H2,18,19,21)/t14-/m0/s1. The van der Waals surface area contributed by atoms with Crippen molar-refractivity contribution in [3.8, 4) is 0 Å². The largest absolute Gasteiger partial charge is 0.376 e. The van der Waals surface area contributed by atoms with Crippen LogP contribution in [0.1, 0.15) is 36.5 Å². The van der Waals surface area contributed by atoms with Crippen LogP contribution < -0.4 is 16.0 Å². The number of hydrogen-bond acceptors (Lipinski definition) is 3. The fourth-order valence-corrected chi connectivity index (χ4v) is 2.23. The second-order valence-corrected chi connectivity index (χ2v) is 5.30. The third-order valence-electron chi connectivity index (χ3n) is 3.45. The monoisotopic (exact) mass is 305 g/mol. The van der Waals surface area contributed by atoms with Gasteiger partial charge in [-0.05, 0) is 43.5 Å². The minimum absolute atomic E-state index is 0.101. The van der Waals surface area contributed by atoms with E-state index >= 15 is 0 Å². The molecule has 3 N–H and O–H groups in total. The van der Waals surface area contributed by atoms with E-state index in [-0.39, 0.29) is 18.0 Å². The van der Waals surface area contributed by atoms with Crippen LogP contribution in [0, 0.1) is 0 Å². The lowest BCUT2D eigenvalue weighted by atomic mass is 10.2. The Bertz CT molecular complexity index is 496. The quantitative estimate of drug-likeness (QED) is 0.753. The number of carbonyl (C=O) groups excluding carboxylic acids is 2. The molecule has 22 heavy (non-hydrogen) atoms. The van der Waals surface area contributed by atoms with Crippen molar-refractivity contribution in [2.24, 2.45) is 0 Å². The maximum Gasteiger partial charge on any atom is 0.319 e. The Labute approximate surface area is 130 Å². The van der Waals surface area contributed by atoms with Crippen LogP contribution in [-0.2, 0) is 4.74 Å². The van der Waals surface area contributed by atoms with Gasteiger partial charge in [0.05, 0.1) is 6.10 Å². The zero-order chi connectivity index (χ0) is 15.8. The predicted molar refractivity (Wildman–Crippen MR) is 85.1 cm³/mol. The molecule has 1 aromatic carbocycles. The fourth-order valence-electron chi connectivity index (χ4n) is 2.23. The number of rotatable bonds is 6. The van der Waals surface area contributed by atoms with E-state index in [0.717, 1.165) is 25.9 Å². The van der Waals surface area contributed by atoms with E-state index in [1.165, 1.54) is 0 Å². The average molecular weight is 305 g/mol. The van der Waals surface area contributed by atoms with Crippen LogP contribution in [0.25, 0.3) is 0 Å². The lowest BCUT2D eigenvalue weighted by molar-refractivity contribution is 0.0953. The predicted octanol–water partition coefficient (Wildman–Crippen LogP) is 2.13. The Morgan fingerprint density at radius 2 is 2.00 bits per heavy atom. The van der Waals surface area contributed by atoms with Crippen LogP contribution in [0.2, 0.25) is 0 Å². The summed E-state index contributed by atoms with van der Waals surface area (Å²) in [7, 11) is 0.